The van der Waals surface area contributed by atoms with E-state index in [0.717, 1.165) is 5.16 Å². The summed E-state index contributed by atoms with van der Waals surface area (Å²) < 4.78 is 4.13. The summed E-state index contributed by atoms with van der Waals surface area (Å²) in [4.78, 5) is 5.41. The molecular formula is C22H21N4PS2. The molecule has 3 aromatic carbocycles. The van der Waals surface area contributed by atoms with Gasteiger partial charge < -0.3 is 0 Å². The molecule has 0 saturated carbocycles. The van der Waals surface area contributed by atoms with Crippen molar-refractivity contribution in [2.45, 2.75) is 5.16 Å². The summed E-state index contributed by atoms with van der Waals surface area (Å²) in [5.41, 5.74) is 0. The molecule has 0 bridgehead atoms. The SMILES string of the molecule is CSc1nn(C)c(=S)n1N=P(c1ccccc1)(c1ccccc1)c1ccccc1. The Labute approximate surface area is 180 Å². The number of hydrogen-bond donors (Lipinski definition) is 0. The lowest BCUT2D eigenvalue weighted by Crippen LogP contribution is -2.26. The molecule has 1 heterocycles. The zero-order chi connectivity index (χ0) is 20.3. The quantitative estimate of drug-likeness (QED) is 0.260. The molecule has 4 aromatic rings. The molecule has 0 aliphatic rings. The van der Waals surface area contributed by atoms with Crippen LogP contribution in [0.3, 0.4) is 0 Å². The normalized spacial score (nSPS) is 11.4. The van der Waals surface area contributed by atoms with E-state index in [1.807, 2.05) is 36.2 Å². The molecule has 4 nitrogen and oxygen atoms in total. The zero-order valence-electron chi connectivity index (χ0n) is 16.2. The minimum absolute atomic E-state index is 0.585. The molecular weight excluding hydrogens is 415 g/mol. The van der Waals surface area contributed by atoms with Gasteiger partial charge in [0.2, 0.25) is 9.93 Å². The first-order valence-electron chi connectivity index (χ1n) is 9.16. The van der Waals surface area contributed by atoms with Gasteiger partial charge in [0.15, 0.2) is 0 Å². The molecule has 0 radical (unpaired) electrons. The Morgan fingerprint density at radius 1 is 0.793 bits per heavy atom. The molecule has 0 unspecified atom stereocenters. The van der Waals surface area contributed by atoms with Gasteiger partial charge in [0.1, 0.15) is 0 Å². The van der Waals surface area contributed by atoms with Crippen molar-refractivity contribution in [2.75, 3.05) is 6.26 Å². The minimum Gasteiger partial charge on any atom is -0.239 e. The van der Waals surface area contributed by atoms with Crippen LogP contribution in [0.15, 0.2) is 101 Å². The Hall–Kier alpha value is -2.40. The standard InChI is InChI=1S/C22H21N4PS2/c1-25-22(28)26(21(23-25)29-2)24-27(18-12-6-3-7-13-18,19-14-8-4-9-15-19)20-16-10-5-11-17-20/h3-17H,1-2H3. The fourth-order valence-corrected chi connectivity index (χ4v) is 7.61. The average Bonchev–Trinajstić information content (AvgIpc) is 3.06. The zero-order valence-corrected chi connectivity index (χ0v) is 18.7. The molecule has 7 heteroatoms. The molecule has 0 N–H and O–H groups in total. The van der Waals surface area contributed by atoms with Crippen molar-refractivity contribution in [3.05, 3.63) is 95.8 Å². The van der Waals surface area contributed by atoms with E-state index in [2.05, 4.69) is 77.9 Å². The first kappa shape index (κ1) is 19.9. The van der Waals surface area contributed by atoms with Crippen LogP contribution in [0.25, 0.3) is 0 Å². The smallest absolute Gasteiger partial charge is 0.219 e. The van der Waals surface area contributed by atoms with Crippen molar-refractivity contribution in [1.82, 2.24) is 14.5 Å². The Morgan fingerprint density at radius 2 is 1.21 bits per heavy atom. The molecule has 1 aromatic heterocycles. The number of thioether (sulfide) groups is 1. The maximum Gasteiger partial charge on any atom is 0.219 e. The summed E-state index contributed by atoms with van der Waals surface area (Å²) in [5, 5.41) is 8.87. The number of nitrogens with zero attached hydrogens (tertiary/aromatic N) is 4. The molecule has 0 aliphatic heterocycles. The van der Waals surface area contributed by atoms with Crippen LogP contribution in [0.2, 0.25) is 0 Å². The number of aryl methyl sites for hydroxylation is 1. The second-order valence-corrected chi connectivity index (χ2v) is 10.6. The summed E-state index contributed by atoms with van der Waals surface area (Å²) in [7, 11) is -0.511. The Morgan fingerprint density at radius 3 is 1.59 bits per heavy atom. The fourth-order valence-electron chi connectivity index (χ4n) is 3.30. The highest BCUT2D eigenvalue weighted by Crippen LogP contribution is 2.47. The summed E-state index contributed by atoms with van der Waals surface area (Å²) in [5.74, 6) is 0. The van der Waals surface area contributed by atoms with Crippen LogP contribution in [0.4, 0.5) is 0 Å². The van der Waals surface area contributed by atoms with Gasteiger partial charge in [-0.3, -0.25) is 0 Å². The van der Waals surface area contributed by atoms with Crippen molar-refractivity contribution in [1.29, 1.82) is 0 Å². The van der Waals surface area contributed by atoms with Crippen molar-refractivity contribution in [3.8, 4) is 0 Å². The summed E-state index contributed by atoms with van der Waals surface area (Å²) in [6.45, 7) is 0. The average molecular weight is 437 g/mol. The highest BCUT2D eigenvalue weighted by atomic mass is 32.2. The third-order valence-corrected chi connectivity index (χ3v) is 9.31. The molecule has 0 fully saturated rings. The lowest BCUT2D eigenvalue weighted by molar-refractivity contribution is 0.730. The molecule has 0 spiro atoms. The molecule has 0 aliphatic carbocycles. The van der Waals surface area contributed by atoms with Crippen molar-refractivity contribution in [2.24, 2.45) is 11.9 Å². The van der Waals surface area contributed by atoms with Gasteiger partial charge in [-0.1, -0.05) is 103 Å². The van der Waals surface area contributed by atoms with Crippen LogP contribution in [0.5, 0.6) is 0 Å². The molecule has 146 valence electrons. The van der Waals surface area contributed by atoms with E-state index >= 15 is 0 Å². The minimum atomic E-state index is -2.37. The van der Waals surface area contributed by atoms with E-state index in [4.69, 9.17) is 17.1 Å². The fraction of sp³-hybridized carbons (Fsp3) is 0.0909. The number of rotatable bonds is 5. The second-order valence-electron chi connectivity index (χ2n) is 6.44. The first-order chi connectivity index (χ1) is 14.2. The van der Waals surface area contributed by atoms with E-state index in [0.29, 0.717) is 4.77 Å². The molecule has 0 atom stereocenters. The Kier molecular flexibility index (Phi) is 5.86. The van der Waals surface area contributed by atoms with Gasteiger partial charge in [-0.05, 0) is 18.5 Å². The van der Waals surface area contributed by atoms with Crippen LogP contribution >= 0.6 is 31.0 Å². The number of benzene rings is 3. The van der Waals surface area contributed by atoms with Crippen molar-refractivity contribution in [3.63, 3.8) is 0 Å². The number of hydrogen-bond acceptors (Lipinski definition) is 4. The lowest BCUT2D eigenvalue weighted by atomic mass is 10.4. The topological polar surface area (TPSA) is 35.1 Å². The predicted octanol–water partition coefficient (Wildman–Crippen LogP) is 4.61. The van der Waals surface area contributed by atoms with E-state index < -0.39 is 7.05 Å². The van der Waals surface area contributed by atoms with Gasteiger partial charge >= 0.3 is 0 Å². The van der Waals surface area contributed by atoms with Crippen LogP contribution in [-0.2, 0) is 7.05 Å². The van der Waals surface area contributed by atoms with Gasteiger partial charge in [-0.15, -0.1) is 5.10 Å². The monoisotopic (exact) mass is 436 g/mol. The maximum absolute atomic E-state index is 5.67. The first-order valence-corrected chi connectivity index (χ1v) is 12.5. The third-order valence-electron chi connectivity index (χ3n) is 4.67. The van der Waals surface area contributed by atoms with E-state index in [1.165, 1.54) is 15.9 Å². The third kappa shape index (κ3) is 3.64. The molecule has 0 amide bonds. The van der Waals surface area contributed by atoms with Crippen LogP contribution in [0, 0.1) is 4.77 Å². The Bertz CT molecular complexity index is 1110. The van der Waals surface area contributed by atoms with Crippen LogP contribution < -0.4 is 15.9 Å². The summed E-state index contributed by atoms with van der Waals surface area (Å²) in [6, 6.07) is 31.5. The van der Waals surface area contributed by atoms with Gasteiger partial charge in [0.05, 0.1) is 7.05 Å². The summed E-state index contributed by atoms with van der Waals surface area (Å²) in [6.07, 6.45) is 2.00. The maximum atomic E-state index is 5.67. The summed E-state index contributed by atoms with van der Waals surface area (Å²) >= 11 is 7.22. The lowest BCUT2D eigenvalue weighted by Gasteiger charge is -2.26. The highest BCUT2D eigenvalue weighted by Gasteiger charge is 2.28. The van der Waals surface area contributed by atoms with Gasteiger partial charge in [0.25, 0.3) is 0 Å². The Balaban J connectivity index is 2.20. The van der Waals surface area contributed by atoms with Crippen LogP contribution in [-0.4, -0.2) is 20.7 Å². The van der Waals surface area contributed by atoms with Crippen molar-refractivity contribution >= 4 is 46.9 Å². The van der Waals surface area contributed by atoms with E-state index in [1.54, 1.807) is 16.4 Å². The molecule has 29 heavy (non-hydrogen) atoms. The predicted molar refractivity (Wildman–Crippen MR) is 127 cm³/mol. The molecule has 4 rings (SSSR count). The molecule has 0 saturated heterocycles. The largest absolute Gasteiger partial charge is 0.239 e. The number of aromatic nitrogens is 3. The van der Waals surface area contributed by atoms with Crippen molar-refractivity contribution < 1.29 is 0 Å². The van der Waals surface area contributed by atoms with Crippen LogP contribution in [0.1, 0.15) is 0 Å². The van der Waals surface area contributed by atoms with E-state index in [9.17, 15) is 0 Å². The highest BCUT2D eigenvalue weighted by molar-refractivity contribution is 7.98. The van der Waals surface area contributed by atoms with Gasteiger partial charge in [-0.25, -0.2) is 4.68 Å². The second kappa shape index (κ2) is 8.54. The van der Waals surface area contributed by atoms with Gasteiger partial charge in [-0.2, -0.15) is 9.53 Å². The van der Waals surface area contributed by atoms with Gasteiger partial charge in [0, 0.05) is 23.0 Å². The van der Waals surface area contributed by atoms with E-state index in [-0.39, 0.29) is 0 Å².